The average Bonchev–Trinajstić information content (AvgIpc) is 2.16. The molecule has 1 rings (SSSR count). The van der Waals surface area contributed by atoms with Crippen LogP contribution < -0.4 is 0 Å². The van der Waals surface area contributed by atoms with E-state index in [0.29, 0.717) is 0 Å². The average molecular weight is 190 g/mol. The first-order valence-electron chi connectivity index (χ1n) is 4.21. The molecule has 0 N–H and O–H groups in total. The van der Waals surface area contributed by atoms with Gasteiger partial charge in [-0.05, 0) is 36.4 Å². The first-order valence-corrected chi connectivity index (χ1v) is 5.44. The Morgan fingerprint density at radius 2 is 2.15 bits per heavy atom. The Morgan fingerprint density at radius 3 is 2.69 bits per heavy atom. The monoisotopic (exact) mass is 190 g/mol. The van der Waals surface area contributed by atoms with E-state index < -0.39 is 0 Å². The number of aryl methyl sites for hydroxylation is 1. The van der Waals surface area contributed by atoms with Crippen LogP contribution in [0.1, 0.15) is 11.1 Å². The summed E-state index contributed by atoms with van der Waals surface area (Å²) in [4.78, 5) is 1.31. The second kappa shape index (κ2) is 4.93. The number of allylic oxidation sites excluding steroid dienone is 2. The number of benzene rings is 1. The molecule has 13 heavy (non-hydrogen) atoms. The van der Waals surface area contributed by atoms with E-state index in [4.69, 9.17) is 0 Å². The summed E-state index contributed by atoms with van der Waals surface area (Å²) in [6, 6.07) is 6.48. The summed E-state index contributed by atoms with van der Waals surface area (Å²) >= 11 is 1.77. The van der Waals surface area contributed by atoms with Gasteiger partial charge in [-0.15, -0.1) is 11.8 Å². The molecule has 1 heteroatoms. The normalized spacial score (nSPS) is 10.6. The van der Waals surface area contributed by atoms with Crippen molar-refractivity contribution in [2.75, 3.05) is 6.26 Å². The van der Waals surface area contributed by atoms with Crippen LogP contribution in [0, 0.1) is 6.92 Å². The molecule has 0 fully saturated rings. The highest BCUT2D eigenvalue weighted by Crippen LogP contribution is 2.19. The number of thioether (sulfide) groups is 1. The summed E-state index contributed by atoms with van der Waals surface area (Å²) in [5.41, 5.74) is 2.57. The Kier molecular flexibility index (Phi) is 3.84. The maximum atomic E-state index is 3.65. The lowest BCUT2D eigenvalue weighted by molar-refractivity contribution is 1.35. The minimum Gasteiger partial charge on any atom is -0.130 e. The molecule has 0 spiro atoms. The van der Waals surface area contributed by atoms with Gasteiger partial charge in [-0.25, -0.2) is 0 Å². The highest BCUT2D eigenvalue weighted by atomic mass is 32.2. The predicted octanol–water partition coefficient (Wildman–Crippen LogP) is 3.92. The molecule has 68 valence electrons. The first kappa shape index (κ1) is 10.1. The zero-order valence-corrected chi connectivity index (χ0v) is 8.90. The van der Waals surface area contributed by atoms with Crippen LogP contribution in [0.25, 0.3) is 6.08 Å². The molecular formula is C12H14S. The SMILES string of the molecule is C=C/C=C\c1ccc(SC)cc1C. The van der Waals surface area contributed by atoms with Gasteiger partial charge in [0.25, 0.3) is 0 Å². The lowest BCUT2D eigenvalue weighted by Gasteiger charge is -2.02. The summed E-state index contributed by atoms with van der Waals surface area (Å²) < 4.78 is 0. The Hall–Kier alpha value is -0.950. The van der Waals surface area contributed by atoms with Crippen LogP contribution in [0.2, 0.25) is 0 Å². The van der Waals surface area contributed by atoms with Crippen molar-refractivity contribution in [2.24, 2.45) is 0 Å². The van der Waals surface area contributed by atoms with Crippen LogP contribution in [-0.2, 0) is 0 Å². The van der Waals surface area contributed by atoms with Crippen LogP contribution in [-0.4, -0.2) is 6.26 Å². The molecule has 0 aliphatic rings. The fraction of sp³-hybridized carbons (Fsp3) is 0.167. The third kappa shape index (κ3) is 2.78. The molecule has 0 radical (unpaired) electrons. The Balaban J connectivity index is 2.98. The van der Waals surface area contributed by atoms with Gasteiger partial charge in [-0.2, -0.15) is 0 Å². The lowest BCUT2D eigenvalue weighted by Crippen LogP contribution is -1.80. The van der Waals surface area contributed by atoms with E-state index in [1.54, 1.807) is 17.8 Å². The number of rotatable bonds is 3. The van der Waals surface area contributed by atoms with Gasteiger partial charge in [0.2, 0.25) is 0 Å². The Bertz CT molecular complexity index is 324. The van der Waals surface area contributed by atoms with E-state index in [0.717, 1.165) is 0 Å². The standard InChI is InChI=1S/C12H14S/c1-4-5-6-11-7-8-12(13-3)9-10(11)2/h4-9H,1H2,2-3H3/b6-5-. The summed E-state index contributed by atoms with van der Waals surface area (Å²) in [5, 5.41) is 0. The number of hydrogen-bond acceptors (Lipinski definition) is 1. The van der Waals surface area contributed by atoms with E-state index in [-0.39, 0.29) is 0 Å². The largest absolute Gasteiger partial charge is 0.130 e. The third-order valence-electron chi connectivity index (χ3n) is 1.89. The van der Waals surface area contributed by atoms with Crippen molar-refractivity contribution in [1.82, 2.24) is 0 Å². The van der Waals surface area contributed by atoms with Crippen molar-refractivity contribution < 1.29 is 0 Å². The van der Waals surface area contributed by atoms with Crippen molar-refractivity contribution in [3.63, 3.8) is 0 Å². The van der Waals surface area contributed by atoms with Gasteiger partial charge >= 0.3 is 0 Å². The summed E-state index contributed by atoms with van der Waals surface area (Å²) in [6.45, 7) is 5.78. The summed E-state index contributed by atoms with van der Waals surface area (Å²) in [5.74, 6) is 0. The smallest absolute Gasteiger partial charge is 0.00721 e. The minimum atomic E-state index is 1.26. The molecular weight excluding hydrogens is 176 g/mol. The molecule has 0 aromatic heterocycles. The van der Waals surface area contributed by atoms with Crippen LogP contribution in [0.3, 0.4) is 0 Å². The molecule has 0 saturated carbocycles. The van der Waals surface area contributed by atoms with Crippen LogP contribution in [0.4, 0.5) is 0 Å². The number of hydrogen-bond donors (Lipinski definition) is 0. The highest BCUT2D eigenvalue weighted by molar-refractivity contribution is 7.98. The zero-order chi connectivity index (χ0) is 9.68. The molecule has 1 aromatic rings. The molecule has 1 aromatic carbocycles. The topological polar surface area (TPSA) is 0 Å². The van der Waals surface area contributed by atoms with E-state index in [9.17, 15) is 0 Å². The maximum Gasteiger partial charge on any atom is 0.00721 e. The molecule has 0 bridgehead atoms. The molecule has 0 nitrogen and oxygen atoms in total. The summed E-state index contributed by atoms with van der Waals surface area (Å²) in [6.07, 6.45) is 7.92. The second-order valence-corrected chi connectivity index (χ2v) is 3.70. The lowest BCUT2D eigenvalue weighted by atomic mass is 10.1. The van der Waals surface area contributed by atoms with E-state index in [1.165, 1.54) is 16.0 Å². The van der Waals surface area contributed by atoms with Gasteiger partial charge in [-0.1, -0.05) is 30.9 Å². The minimum absolute atomic E-state index is 1.26. The van der Waals surface area contributed by atoms with Crippen molar-refractivity contribution in [3.05, 3.63) is 48.1 Å². The van der Waals surface area contributed by atoms with Gasteiger partial charge in [-0.3, -0.25) is 0 Å². The summed E-state index contributed by atoms with van der Waals surface area (Å²) in [7, 11) is 0. The van der Waals surface area contributed by atoms with Crippen molar-refractivity contribution in [2.45, 2.75) is 11.8 Å². The van der Waals surface area contributed by atoms with Gasteiger partial charge in [0.05, 0.1) is 0 Å². The molecule has 0 atom stereocenters. The van der Waals surface area contributed by atoms with Crippen molar-refractivity contribution in [1.29, 1.82) is 0 Å². The van der Waals surface area contributed by atoms with Crippen LogP contribution in [0.5, 0.6) is 0 Å². The predicted molar refractivity (Wildman–Crippen MR) is 62.2 cm³/mol. The van der Waals surface area contributed by atoms with Gasteiger partial charge in [0.1, 0.15) is 0 Å². The fourth-order valence-electron chi connectivity index (χ4n) is 1.13. The third-order valence-corrected chi connectivity index (χ3v) is 2.61. The van der Waals surface area contributed by atoms with E-state index in [2.05, 4.69) is 44.0 Å². The molecule has 0 heterocycles. The van der Waals surface area contributed by atoms with E-state index >= 15 is 0 Å². The molecule has 0 saturated heterocycles. The molecule has 0 aliphatic heterocycles. The highest BCUT2D eigenvalue weighted by Gasteiger charge is 1.95. The Morgan fingerprint density at radius 1 is 1.38 bits per heavy atom. The molecule has 0 aliphatic carbocycles. The quantitative estimate of drug-likeness (QED) is 0.514. The van der Waals surface area contributed by atoms with Crippen molar-refractivity contribution in [3.8, 4) is 0 Å². The van der Waals surface area contributed by atoms with E-state index in [1.807, 2.05) is 6.08 Å². The fourth-order valence-corrected chi connectivity index (χ4v) is 1.63. The second-order valence-electron chi connectivity index (χ2n) is 2.82. The first-order chi connectivity index (χ1) is 6.27. The van der Waals surface area contributed by atoms with Gasteiger partial charge < -0.3 is 0 Å². The molecule has 0 amide bonds. The van der Waals surface area contributed by atoms with Gasteiger partial charge in [0, 0.05) is 4.90 Å². The van der Waals surface area contributed by atoms with Crippen LogP contribution in [0.15, 0.2) is 41.8 Å². The van der Waals surface area contributed by atoms with Crippen molar-refractivity contribution >= 4 is 17.8 Å². The van der Waals surface area contributed by atoms with Crippen LogP contribution >= 0.6 is 11.8 Å². The van der Waals surface area contributed by atoms with Gasteiger partial charge in [0.15, 0.2) is 0 Å². The molecule has 0 unspecified atom stereocenters. The Labute approximate surface area is 84.4 Å². The maximum absolute atomic E-state index is 3.65. The zero-order valence-electron chi connectivity index (χ0n) is 8.08.